The first-order valence-electron chi connectivity index (χ1n) is 8.78. The number of Topliss-reactive ketones (excluding diaryl/α,β-unsaturated/α-hetero) is 1. The van der Waals surface area contributed by atoms with Crippen molar-refractivity contribution in [1.29, 1.82) is 0 Å². The fourth-order valence-corrected chi connectivity index (χ4v) is 3.92. The molecule has 2 aromatic carbocycles. The summed E-state index contributed by atoms with van der Waals surface area (Å²) in [6.07, 6.45) is 1.49. The molecule has 0 saturated carbocycles. The summed E-state index contributed by atoms with van der Waals surface area (Å²) >= 11 is 12.4. The first-order valence-corrected chi connectivity index (χ1v) is 9.54. The van der Waals surface area contributed by atoms with E-state index in [4.69, 9.17) is 27.6 Å². The van der Waals surface area contributed by atoms with Crippen LogP contribution in [0.3, 0.4) is 0 Å². The van der Waals surface area contributed by atoms with Gasteiger partial charge in [-0.15, -0.1) is 0 Å². The van der Waals surface area contributed by atoms with Crippen LogP contribution in [0.15, 0.2) is 76.9 Å². The molecule has 5 nitrogen and oxygen atoms in total. The van der Waals surface area contributed by atoms with Crippen molar-refractivity contribution in [2.24, 2.45) is 0 Å². The third kappa shape index (κ3) is 3.55. The Labute approximate surface area is 176 Å². The zero-order chi connectivity index (χ0) is 20.5. The fourth-order valence-electron chi connectivity index (χ4n) is 3.41. The number of likely N-dealkylation sites (tertiary alicyclic amines) is 1. The Morgan fingerprint density at radius 1 is 1.03 bits per heavy atom. The molecule has 1 unspecified atom stereocenters. The molecular formula is C22H15Cl2NO4. The molecule has 0 radical (unpaired) electrons. The highest BCUT2D eigenvalue weighted by atomic mass is 35.5. The van der Waals surface area contributed by atoms with Crippen LogP contribution in [0.2, 0.25) is 10.0 Å². The van der Waals surface area contributed by atoms with Gasteiger partial charge in [0.15, 0.2) is 0 Å². The number of nitrogens with zero attached hydrogens (tertiary/aromatic N) is 1. The van der Waals surface area contributed by atoms with E-state index in [1.807, 2.05) is 0 Å². The molecular weight excluding hydrogens is 413 g/mol. The average molecular weight is 428 g/mol. The molecule has 1 aliphatic rings. The summed E-state index contributed by atoms with van der Waals surface area (Å²) in [7, 11) is 0. The molecule has 1 N–H and O–H groups in total. The zero-order valence-electron chi connectivity index (χ0n) is 15.0. The van der Waals surface area contributed by atoms with E-state index in [0.29, 0.717) is 21.9 Å². The number of ketones is 1. The van der Waals surface area contributed by atoms with E-state index in [1.54, 1.807) is 54.6 Å². The van der Waals surface area contributed by atoms with Gasteiger partial charge < -0.3 is 14.4 Å². The standard InChI is InChI=1S/C22H15Cl2NO4/c23-14-8-9-16(17(24)11-14)19-18(20(26)13-5-2-1-3-6-13)21(27)22(28)25(19)12-15-7-4-10-29-15/h1-11,19,26H,12H2/b20-18-. The van der Waals surface area contributed by atoms with E-state index in [9.17, 15) is 14.7 Å². The van der Waals surface area contributed by atoms with E-state index < -0.39 is 17.7 Å². The first-order chi connectivity index (χ1) is 14.0. The number of furan rings is 1. The first kappa shape index (κ1) is 19.3. The number of aliphatic hydroxyl groups is 1. The summed E-state index contributed by atoms with van der Waals surface area (Å²) < 4.78 is 5.36. The number of amides is 1. The summed E-state index contributed by atoms with van der Waals surface area (Å²) in [4.78, 5) is 27.1. The lowest BCUT2D eigenvalue weighted by Gasteiger charge is -2.25. The molecule has 146 valence electrons. The number of halogens is 2. The van der Waals surface area contributed by atoms with Crippen molar-refractivity contribution in [2.75, 3.05) is 0 Å². The molecule has 3 aromatic rings. The van der Waals surface area contributed by atoms with Crippen LogP contribution in [-0.4, -0.2) is 21.7 Å². The Balaban J connectivity index is 1.90. The second-order valence-electron chi connectivity index (χ2n) is 6.54. The van der Waals surface area contributed by atoms with Gasteiger partial charge in [-0.3, -0.25) is 9.59 Å². The van der Waals surface area contributed by atoms with E-state index in [1.165, 1.54) is 17.2 Å². The molecule has 1 aromatic heterocycles. The minimum atomic E-state index is -0.884. The molecule has 1 saturated heterocycles. The van der Waals surface area contributed by atoms with Gasteiger partial charge in [0.1, 0.15) is 11.5 Å². The van der Waals surface area contributed by atoms with E-state index >= 15 is 0 Å². The van der Waals surface area contributed by atoms with Gasteiger partial charge in [-0.2, -0.15) is 0 Å². The Bertz CT molecular complexity index is 1110. The topological polar surface area (TPSA) is 70.8 Å². The smallest absolute Gasteiger partial charge is 0.296 e. The minimum absolute atomic E-state index is 0.0306. The monoisotopic (exact) mass is 427 g/mol. The largest absolute Gasteiger partial charge is 0.507 e. The van der Waals surface area contributed by atoms with Gasteiger partial charge in [0, 0.05) is 15.6 Å². The molecule has 0 bridgehead atoms. The van der Waals surface area contributed by atoms with Gasteiger partial charge in [0.2, 0.25) is 0 Å². The lowest BCUT2D eigenvalue weighted by atomic mass is 9.95. The number of benzene rings is 2. The third-order valence-electron chi connectivity index (χ3n) is 4.75. The van der Waals surface area contributed by atoms with E-state index in [2.05, 4.69) is 0 Å². The van der Waals surface area contributed by atoms with Crippen molar-refractivity contribution in [3.63, 3.8) is 0 Å². The predicted octanol–water partition coefficient (Wildman–Crippen LogP) is 5.21. The molecule has 2 heterocycles. The average Bonchev–Trinajstić information content (AvgIpc) is 3.31. The Morgan fingerprint density at radius 2 is 1.79 bits per heavy atom. The normalized spacial score (nSPS) is 18.4. The van der Waals surface area contributed by atoms with Crippen LogP contribution in [0.5, 0.6) is 0 Å². The van der Waals surface area contributed by atoms with Gasteiger partial charge in [-0.1, -0.05) is 59.6 Å². The molecule has 0 spiro atoms. The van der Waals surface area contributed by atoms with E-state index in [0.717, 1.165) is 0 Å². The number of hydrogen-bond donors (Lipinski definition) is 1. The highest BCUT2D eigenvalue weighted by Crippen LogP contribution is 2.43. The van der Waals surface area contributed by atoms with Crippen molar-refractivity contribution in [3.05, 3.63) is 99.4 Å². The number of carbonyl (C=O) groups excluding carboxylic acids is 2. The number of aliphatic hydroxyl groups excluding tert-OH is 1. The maximum absolute atomic E-state index is 12.9. The van der Waals surface area contributed by atoms with Crippen LogP contribution in [0.4, 0.5) is 0 Å². The Morgan fingerprint density at radius 3 is 2.45 bits per heavy atom. The molecule has 1 fully saturated rings. The van der Waals surface area contributed by atoms with Gasteiger partial charge in [0.25, 0.3) is 11.7 Å². The lowest BCUT2D eigenvalue weighted by molar-refractivity contribution is -0.140. The maximum Gasteiger partial charge on any atom is 0.296 e. The third-order valence-corrected chi connectivity index (χ3v) is 5.31. The summed E-state index contributed by atoms with van der Waals surface area (Å²) in [5, 5.41) is 11.6. The molecule has 4 rings (SSSR count). The predicted molar refractivity (Wildman–Crippen MR) is 109 cm³/mol. The SMILES string of the molecule is O=C1C(=O)N(Cc2ccco2)C(c2ccc(Cl)cc2Cl)/C1=C(/O)c1ccccc1. The summed E-state index contributed by atoms with van der Waals surface area (Å²) in [6.45, 7) is 0.0484. The highest BCUT2D eigenvalue weighted by molar-refractivity contribution is 6.47. The van der Waals surface area contributed by atoms with Gasteiger partial charge in [-0.25, -0.2) is 0 Å². The second kappa shape index (κ2) is 7.78. The minimum Gasteiger partial charge on any atom is -0.507 e. The lowest BCUT2D eigenvalue weighted by Crippen LogP contribution is -2.29. The molecule has 7 heteroatoms. The second-order valence-corrected chi connectivity index (χ2v) is 7.38. The summed E-state index contributed by atoms with van der Waals surface area (Å²) in [6, 6.07) is 15.9. The van der Waals surface area contributed by atoms with Crippen molar-refractivity contribution >= 4 is 40.7 Å². The number of hydrogen-bond acceptors (Lipinski definition) is 4. The zero-order valence-corrected chi connectivity index (χ0v) is 16.5. The number of carbonyl (C=O) groups is 2. The summed E-state index contributed by atoms with van der Waals surface area (Å²) in [5.74, 6) is -1.28. The van der Waals surface area contributed by atoms with Crippen LogP contribution in [0, 0.1) is 0 Å². The van der Waals surface area contributed by atoms with Crippen LogP contribution in [0.25, 0.3) is 5.76 Å². The van der Waals surface area contributed by atoms with Gasteiger partial charge in [0.05, 0.1) is 24.4 Å². The van der Waals surface area contributed by atoms with Crippen LogP contribution in [0.1, 0.15) is 22.9 Å². The van der Waals surface area contributed by atoms with Crippen molar-refractivity contribution in [3.8, 4) is 0 Å². The van der Waals surface area contributed by atoms with Crippen molar-refractivity contribution in [2.45, 2.75) is 12.6 Å². The molecule has 1 aliphatic heterocycles. The van der Waals surface area contributed by atoms with Crippen LogP contribution >= 0.6 is 23.2 Å². The van der Waals surface area contributed by atoms with Crippen molar-refractivity contribution < 1.29 is 19.1 Å². The highest BCUT2D eigenvalue weighted by Gasteiger charge is 2.47. The van der Waals surface area contributed by atoms with E-state index in [-0.39, 0.29) is 22.9 Å². The van der Waals surface area contributed by atoms with Gasteiger partial charge in [-0.05, 0) is 29.8 Å². The van der Waals surface area contributed by atoms with Crippen molar-refractivity contribution in [1.82, 2.24) is 4.90 Å². The quantitative estimate of drug-likeness (QED) is 0.352. The maximum atomic E-state index is 12.9. The van der Waals surface area contributed by atoms with Gasteiger partial charge >= 0.3 is 0 Å². The Kier molecular flexibility index (Phi) is 5.18. The Hall–Kier alpha value is -3.02. The molecule has 0 aliphatic carbocycles. The number of rotatable bonds is 4. The summed E-state index contributed by atoms with van der Waals surface area (Å²) in [5.41, 5.74) is 0.884. The fraction of sp³-hybridized carbons (Fsp3) is 0.0909. The van der Waals surface area contributed by atoms with Crippen LogP contribution in [-0.2, 0) is 16.1 Å². The molecule has 29 heavy (non-hydrogen) atoms. The molecule has 1 amide bonds. The molecule has 1 atom stereocenters. The van der Waals surface area contributed by atoms with Crippen LogP contribution < -0.4 is 0 Å².